The topological polar surface area (TPSA) is 75.3 Å². The zero-order valence-electron chi connectivity index (χ0n) is 13.8. The minimum absolute atomic E-state index is 0.0171. The predicted molar refractivity (Wildman–Crippen MR) is 91.6 cm³/mol. The first-order valence-electron chi connectivity index (χ1n) is 7.63. The average Bonchev–Trinajstić information content (AvgIpc) is 2.61. The summed E-state index contributed by atoms with van der Waals surface area (Å²) in [5.41, 5.74) is 0.581. The number of nitrogens with one attached hydrogen (secondary N) is 2. The van der Waals surface area contributed by atoms with E-state index in [2.05, 4.69) is 10.6 Å². The Balaban J connectivity index is 1.97. The molecule has 2 N–H and O–H groups in total. The molecule has 0 unspecified atom stereocenters. The third-order valence-corrected chi connectivity index (χ3v) is 5.03. The van der Waals surface area contributed by atoms with Gasteiger partial charge in [0, 0.05) is 18.7 Å². The second-order valence-electron chi connectivity index (χ2n) is 5.45. The molecule has 2 aromatic rings. The van der Waals surface area contributed by atoms with Gasteiger partial charge in [-0.1, -0.05) is 18.2 Å². The van der Waals surface area contributed by atoms with Crippen molar-refractivity contribution < 1.29 is 26.4 Å². The molecular formula is C17H17F3N2O3S. The summed E-state index contributed by atoms with van der Waals surface area (Å²) in [6, 6.07) is 9.35. The molecule has 1 amide bonds. The van der Waals surface area contributed by atoms with E-state index in [1.165, 1.54) is 30.3 Å². The van der Waals surface area contributed by atoms with Gasteiger partial charge in [0.15, 0.2) is 0 Å². The van der Waals surface area contributed by atoms with Crippen LogP contribution in [0, 0.1) is 12.7 Å². The highest BCUT2D eigenvalue weighted by atomic mass is 32.2. The van der Waals surface area contributed by atoms with Gasteiger partial charge in [-0.25, -0.2) is 12.8 Å². The molecule has 0 saturated heterocycles. The number of sulfone groups is 1. The number of carbonyl (C=O) groups is 1. The Hall–Kier alpha value is -2.55. The van der Waals surface area contributed by atoms with Crippen molar-refractivity contribution in [2.45, 2.75) is 17.6 Å². The van der Waals surface area contributed by atoms with Crippen molar-refractivity contribution in [2.75, 3.05) is 18.4 Å². The lowest BCUT2D eigenvalue weighted by atomic mass is 10.1. The highest BCUT2D eigenvalue weighted by Gasteiger charge is 2.28. The first-order valence-corrected chi connectivity index (χ1v) is 9.17. The van der Waals surface area contributed by atoms with Gasteiger partial charge in [-0.05, 0) is 36.8 Å². The fourth-order valence-corrected chi connectivity index (χ4v) is 3.07. The summed E-state index contributed by atoms with van der Waals surface area (Å²) in [7, 11) is -4.74. The van der Waals surface area contributed by atoms with E-state index in [9.17, 15) is 26.4 Å². The summed E-state index contributed by atoms with van der Waals surface area (Å²) < 4.78 is 62.2. The zero-order chi connectivity index (χ0) is 19.3. The van der Waals surface area contributed by atoms with Crippen LogP contribution >= 0.6 is 0 Å². The Bertz CT molecular complexity index is 902. The van der Waals surface area contributed by atoms with Crippen molar-refractivity contribution >= 4 is 21.4 Å². The van der Waals surface area contributed by atoms with E-state index in [-0.39, 0.29) is 24.3 Å². The standard InChI is InChI=1S/C17H17F3N2O3S/c1-11-6-7-12(10-13(11)18)16(23)22-9-8-21-14-4-2-3-5-15(14)26(24,25)17(19)20/h2-7,10,17,21H,8-9H2,1H3,(H,22,23). The Morgan fingerprint density at radius 2 is 1.81 bits per heavy atom. The third-order valence-electron chi connectivity index (χ3n) is 3.59. The van der Waals surface area contributed by atoms with Gasteiger partial charge in [0.2, 0.25) is 9.84 Å². The fourth-order valence-electron chi connectivity index (χ4n) is 2.17. The van der Waals surface area contributed by atoms with Crippen molar-refractivity contribution in [1.29, 1.82) is 0 Å². The summed E-state index contributed by atoms with van der Waals surface area (Å²) >= 11 is 0. The summed E-state index contributed by atoms with van der Waals surface area (Å²) in [6.45, 7) is 1.75. The van der Waals surface area contributed by atoms with Crippen LogP contribution in [0.25, 0.3) is 0 Å². The normalized spacial score (nSPS) is 11.4. The summed E-state index contributed by atoms with van der Waals surface area (Å²) in [5.74, 6) is -4.53. The molecular weight excluding hydrogens is 369 g/mol. The van der Waals surface area contributed by atoms with Crippen molar-refractivity contribution in [2.24, 2.45) is 0 Å². The van der Waals surface area contributed by atoms with E-state index < -0.39 is 32.2 Å². The number of halogens is 3. The first-order chi connectivity index (χ1) is 12.2. The molecule has 0 atom stereocenters. The minimum atomic E-state index is -4.74. The van der Waals surface area contributed by atoms with Gasteiger partial charge < -0.3 is 10.6 Å². The van der Waals surface area contributed by atoms with E-state index >= 15 is 0 Å². The second kappa shape index (κ2) is 8.22. The van der Waals surface area contributed by atoms with Gasteiger partial charge in [-0.2, -0.15) is 8.78 Å². The molecule has 0 aliphatic rings. The van der Waals surface area contributed by atoms with Crippen molar-refractivity contribution in [3.63, 3.8) is 0 Å². The monoisotopic (exact) mass is 386 g/mol. The Morgan fingerprint density at radius 3 is 2.46 bits per heavy atom. The summed E-state index contributed by atoms with van der Waals surface area (Å²) in [5, 5.41) is 5.23. The van der Waals surface area contributed by atoms with Crippen LogP contribution < -0.4 is 10.6 Å². The number of amides is 1. The Labute approximate surface area is 149 Å². The van der Waals surface area contributed by atoms with E-state index in [0.29, 0.717) is 5.56 Å². The molecule has 5 nitrogen and oxygen atoms in total. The molecule has 0 aliphatic heterocycles. The largest absolute Gasteiger partial charge is 0.382 e. The van der Waals surface area contributed by atoms with Gasteiger partial charge in [0.25, 0.3) is 5.91 Å². The molecule has 2 aromatic carbocycles. The fraction of sp³-hybridized carbons (Fsp3) is 0.235. The molecule has 0 aromatic heterocycles. The lowest BCUT2D eigenvalue weighted by molar-refractivity contribution is 0.0954. The average molecular weight is 386 g/mol. The highest BCUT2D eigenvalue weighted by molar-refractivity contribution is 7.91. The number of rotatable bonds is 7. The zero-order valence-corrected chi connectivity index (χ0v) is 14.6. The van der Waals surface area contributed by atoms with Crippen molar-refractivity contribution in [1.82, 2.24) is 5.32 Å². The Kier molecular flexibility index (Phi) is 6.25. The van der Waals surface area contributed by atoms with Crippen molar-refractivity contribution in [3.05, 3.63) is 59.4 Å². The van der Waals surface area contributed by atoms with Crippen LogP contribution in [0.3, 0.4) is 0 Å². The van der Waals surface area contributed by atoms with E-state index in [1.807, 2.05) is 0 Å². The highest BCUT2D eigenvalue weighted by Crippen LogP contribution is 2.25. The van der Waals surface area contributed by atoms with E-state index in [4.69, 9.17) is 0 Å². The van der Waals surface area contributed by atoms with Gasteiger partial charge in [0.05, 0.1) is 10.6 Å². The third kappa shape index (κ3) is 4.54. The maximum Gasteiger partial charge on any atom is 0.341 e. The first kappa shape index (κ1) is 19.8. The Morgan fingerprint density at radius 1 is 1.12 bits per heavy atom. The number of carbonyl (C=O) groups excluding carboxylic acids is 1. The molecule has 140 valence electrons. The van der Waals surface area contributed by atoms with Gasteiger partial charge in [-0.15, -0.1) is 0 Å². The van der Waals surface area contributed by atoms with Crippen LogP contribution in [0.1, 0.15) is 15.9 Å². The summed E-state index contributed by atoms with van der Waals surface area (Å²) in [4.78, 5) is 11.4. The van der Waals surface area contributed by atoms with Crippen LogP contribution in [0.5, 0.6) is 0 Å². The molecule has 0 bridgehead atoms. The van der Waals surface area contributed by atoms with Gasteiger partial charge in [0.1, 0.15) is 5.82 Å². The van der Waals surface area contributed by atoms with Crippen LogP contribution in [0.15, 0.2) is 47.4 Å². The molecule has 0 fully saturated rings. The van der Waals surface area contributed by atoms with Crippen LogP contribution in [-0.4, -0.2) is 33.2 Å². The maximum absolute atomic E-state index is 13.5. The molecule has 9 heteroatoms. The van der Waals surface area contributed by atoms with Crippen LogP contribution in [-0.2, 0) is 9.84 Å². The second-order valence-corrected chi connectivity index (χ2v) is 7.33. The van der Waals surface area contributed by atoms with Gasteiger partial charge in [-0.3, -0.25) is 4.79 Å². The van der Waals surface area contributed by atoms with E-state index in [0.717, 1.165) is 12.1 Å². The van der Waals surface area contributed by atoms with Crippen LogP contribution in [0.4, 0.5) is 18.9 Å². The number of hydrogen-bond donors (Lipinski definition) is 2. The maximum atomic E-state index is 13.5. The molecule has 0 heterocycles. The van der Waals surface area contributed by atoms with E-state index in [1.54, 1.807) is 6.92 Å². The number of anilines is 1. The quantitative estimate of drug-likeness (QED) is 0.718. The SMILES string of the molecule is Cc1ccc(C(=O)NCCNc2ccccc2S(=O)(=O)C(F)F)cc1F. The molecule has 0 radical (unpaired) electrons. The minimum Gasteiger partial charge on any atom is -0.382 e. The summed E-state index contributed by atoms with van der Waals surface area (Å²) in [6.07, 6.45) is 0. The lowest BCUT2D eigenvalue weighted by Gasteiger charge is -2.12. The number of aryl methyl sites for hydroxylation is 1. The van der Waals surface area contributed by atoms with Crippen molar-refractivity contribution in [3.8, 4) is 0 Å². The lowest BCUT2D eigenvalue weighted by Crippen LogP contribution is -2.29. The van der Waals surface area contributed by atoms with Crippen LogP contribution in [0.2, 0.25) is 0 Å². The molecule has 0 aliphatic carbocycles. The number of hydrogen-bond acceptors (Lipinski definition) is 4. The molecule has 26 heavy (non-hydrogen) atoms. The smallest absolute Gasteiger partial charge is 0.341 e. The number of alkyl halides is 2. The number of benzene rings is 2. The van der Waals surface area contributed by atoms with Gasteiger partial charge >= 0.3 is 5.76 Å². The number of para-hydroxylation sites is 1. The predicted octanol–water partition coefficient (Wildman–Crippen LogP) is 2.97. The molecule has 0 spiro atoms. The molecule has 0 saturated carbocycles. The molecule has 2 rings (SSSR count).